The van der Waals surface area contributed by atoms with Crippen LogP contribution in [0, 0.1) is 5.92 Å². The SMILES string of the molecule is COc1ccc2[nH]cc(CCNC(=O)[C@@H](N)C(C)C)c2c1. The molecule has 0 saturated carbocycles. The summed E-state index contributed by atoms with van der Waals surface area (Å²) in [7, 11) is 1.65. The van der Waals surface area contributed by atoms with Gasteiger partial charge in [0.2, 0.25) is 5.91 Å². The van der Waals surface area contributed by atoms with Gasteiger partial charge in [-0.1, -0.05) is 13.8 Å². The van der Waals surface area contributed by atoms with Gasteiger partial charge in [0.1, 0.15) is 5.75 Å². The summed E-state index contributed by atoms with van der Waals surface area (Å²) in [5.41, 5.74) is 8.03. The molecule has 2 aromatic rings. The van der Waals surface area contributed by atoms with Gasteiger partial charge in [0.05, 0.1) is 13.2 Å². The van der Waals surface area contributed by atoms with Crippen LogP contribution in [0.5, 0.6) is 5.75 Å². The molecule has 1 aromatic heterocycles. The molecule has 0 bridgehead atoms. The van der Waals surface area contributed by atoms with Crippen molar-refractivity contribution >= 4 is 16.8 Å². The third kappa shape index (κ3) is 3.55. The molecule has 1 atom stereocenters. The average Bonchev–Trinajstić information content (AvgIpc) is 2.88. The molecule has 4 N–H and O–H groups in total. The number of carbonyl (C=O) groups excluding carboxylic acids is 1. The monoisotopic (exact) mass is 289 g/mol. The third-order valence-electron chi connectivity index (χ3n) is 3.69. The molecule has 0 spiro atoms. The Morgan fingerprint density at radius 3 is 2.86 bits per heavy atom. The van der Waals surface area contributed by atoms with Crippen LogP contribution < -0.4 is 15.8 Å². The molecule has 21 heavy (non-hydrogen) atoms. The molecule has 0 saturated heterocycles. The van der Waals surface area contributed by atoms with Crippen LogP contribution in [0.2, 0.25) is 0 Å². The Labute approximate surface area is 124 Å². The Morgan fingerprint density at radius 2 is 2.19 bits per heavy atom. The average molecular weight is 289 g/mol. The van der Waals surface area contributed by atoms with Crippen LogP contribution in [0.15, 0.2) is 24.4 Å². The molecule has 5 heteroatoms. The van der Waals surface area contributed by atoms with Crippen LogP contribution >= 0.6 is 0 Å². The molecule has 5 nitrogen and oxygen atoms in total. The minimum absolute atomic E-state index is 0.0950. The van der Waals surface area contributed by atoms with Crippen LogP contribution in [0.1, 0.15) is 19.4 Å². The van der Waals surface area contributed by atoms with E-state index in [1.165, 1.54) is 0 Å². The third-order valence-corrected chi connectivity index (χ3v) is 3.69. The Bertz CT molecular complexity index is 619. The first kappa shape index (κ1) is 15.4. The van der Waals surface area contributed by atoms with Crippen molar-refractivity contribution in [2.45, 2.75) is 26.3 Å². The predicted octanol–water partition coefficient (Wildman–Crippen LogP) is 1.82. The first-order valence-corrected chi connectivity index (χ1v) is 7.20. The van der Waals surface area contributed by atoms with E-state index < -0.39 is 6.04 Å². The highest BCUT2D eigenvalue weighted by atomic mass is 16.5. The maximum Gasteiger partial charge on any atom is 0.237 e. The first-order valence-electron chi connectivity index (χ1n) is 7.20. The summed E-state index contributed by atoms with van der Waals surface area (Å²) in [6.45, 7) is 4.45. The number of hydrogen-bond acceptors (Lipinski definition) is 3. The summed E-state index contributed by atoms with van der Waals surface area (Å²) in [6.07, 6.45) is 2.72. The van der Waals surface area contributed by atoms with Gasteiger partial charge >= 0.3 is 0 Å². The lowest BCUT2D eigenvalue weighted by atomic mass is 10.0. The van der Waals surface area contributed by atoms with E-state index in [2.05, 4.69) is 10.3 Å². The lowest BCUT2D eigenvalue weighted by Crippen LogP contribution is -2.44. The summed E-state index contributed by atoms with van der Waals surface area (Å²) in [4.78, 5) is 15.0. The minimum atomic E-state index is -0.451. The quantitative estimate of drug-likeness (QED) is 0.759. The van der Waals surface area contributed by atoms with Gasteiger partial charge in [-0.3, -0.25) is 4.79 Å². The van der Waals surface area contributed by atoms with Gasteiger partial charge in [-0.15, -0.1) is 0 Å². The molecule has 0 radical (unpaired) electrons. The fourth-order valence-electron chi connectivity index (χ4n) is 2.23. The highest BCUT2D eigenvalue weighted by molar-refractivity contribution is 5.85. The number of ether oxygens (including phenoxy) is 1. The number of H-pyrrole nitrogens is 1. The molecule has 2 rings (SSSR count). The van der Waals surface area contributed by atoms with Gasteiger partial charge < -0.3 is 20.8 Å². The lowest BCUT2D eigenvalue weighted by Gasteiger charge is -2.15. The molecule has 1 amide bonds. The second kappa shape index (κ2) is 6.63. The number of amides is 1. The number of aromatic amines is 1. The molecule has 0 aliphatic rings. The van der Waals surface area contributed by atoms with E-state index in [0.29, 0.717) is 6.54 Å². The number of nitrogens with one attached hydrogen (secondary N) is 2. The van der Waals surface area contributed by atoms with Crippen LogP contribution in [-0.4, -0.2) is 30.6 Å². The standard InChI is InChI=1S/C16H23N3O2/c1-10(2)15(17)16(20)18-7-6-11-9-19-14-5-4-12(21-3)8-13(11)14/h4-5,8-10,15,19H,6-7,17H2,1-3H3,(H,18,20)/t15-/m0/s1. The highest BCUT2D eigenvalue weighted by Gasteiger charge is 2.16. The topological polar surface area (TPSA) is 80.1 Å². The van der Waals surface area contributed by atoms with Crippen LogP contribution in [-0.2, 0) is 11.2 Å². The van der Waals surface area contributed by atoms with Crippen molar-refractivity contribution in [2.75, 3.05) is 13.7 Å². The van der Waals surface area contributed by atoms with E-state index in [-0.39, 0.29) is 11.8 Å². The van der Waals surface area contributed by atoms with Gasteiger partial charge in [0, 0.05) is 23.6 Å². The summed E-state index contributed by atoms with van der Waals surface area (Å²) >= 11 is 0. The summed E-state index contributed by atoms with van der Waals surface area (Å²) in [5.74, 6) is 0.874. The van der Waals surface area contributed by atoms with E-state index in [1.54, 1.807) is 7.11 Å². The van der Waals surface area contributed by atoms with Gasteiger partial charge in [0.15, 0.2) is 0 Å². The Balaban J connectivity index is 1.99. The first-order chi connectivity index (χ1) is 10.0. The van der Waals surface area contributed by atoms with Crippen molar-refractivity contribution in [3.8, 4) is 5.75 Å². The van der Waals surface area contributed by atoms with E-state index in [9.17, 15) is 4.79 Å². The molecule has 0 aliphatic carbocycles. The normalized spacial score (nSPS) is 12.6. The molecule has 0 unspecified atom stereocenters. The molecule has 1 heterocycles. The smallest absolute Gasteiger partial charge is 0.237 e. The maximum absolute atomic E-state index is 11.8. The Hall–Kier alpha value is -2.01. The molecular formula is C16H23N3O2. The number of fused-ring (bicyclic) bond motifs is 1. The van der Waals surface area contributed by atoms with Gasteiger partial charge in [-0.25, -0.2) is 0 Å². The number of methoxy groups -OCH3 is 1. The van der Waals surface area contributed by atoms with Crippen LogP contribution in [0.3, 0.4) is 0 Å². The van der Waals surface area contributed by atoms with Crippen LogP contribution in [0.4, 0.5) is 0 Å². The van der Waals surface area contributed by atoms with Crippen LogP contribution in [0.25, 0.3) is 10.9 Å². The lowest BCUT2D eigenvalue weighted by molar-refractivity contribution is -0.123. The van der Waals surface area contributed by atoms with Crippen molar-refractivity contribution in [2.24, 2.45) is 11.7 Å². The number of aromatic nitrogens is 1. The zero-order valence-corrected chi connectivity index (χ0v) is 12.8. The second-order valence-electron chi connectivity index (χ2n) is 5.54. The molecule has 0 aliphatic heterocycles. The van der Waals surface area contributed by atoms with Crippen molar-refractivity contribution in [3.05, 3.63) is 30.0 Å². The molecule has 0 fully saturated rings. The molecule has 114 valence electrons. The fraction of sp³-hybridized carbons (Fsp3) is 0.438. The number of nitrogens with two attached hydrogens (primary N) is 1. The van der Waals surface area contributed by atoms with E-state index in [0.717, 1.165) is 28.6 Å². The summed E-state index contributed by atoms with van der Waals surface area (Å²) in [6, 6.07) is 5.47. The van der Waals surface area contributed by atoms with Gasteiger partial charge in [-0.05, 0) is 36.1 Å². The summed E-state index contributed by atoms with van der Waals surface area (Å²) in [5, 5.41) is 4.01. The van der Waals surface area contributed by atoms with E-state index in [1.807, 2.05) is 38.2 Å². The zero-order chi connectivity index (χ0) is 15.4. The van der Waals surface area contributed by atoms with Crippen molar-refractivity contribution < 1.29 is 9.53 Å². The van der Waals surface area contributed by atoms with Gasteiger partial charge in [-0.2, -0.15) is 0 Å². The predicted molar refractivity (Wildman–Crippen MR) is 84.4 cm³/mol. The van der Waals surface area contributed by atoms with Gasteiger partial charge in [0.25, 0.3) is 0 Å². The highest BCUT2D eigenvalue weighted by Crippen LogP contribution is 2.23. The largest absolute Gasteiger partial charge is 0.497 e. The van der Waals surface area contributed by atoms with E-state index >= 15 is 0 Å². The maximum atomic E-state index is 11.8. The number of carbonyl (C=O) groups is 1. The Morgan fingerprint density at radius 1 is 1.43 bits per heavy atom. The number of benzene rings is 1. The fourth-order valence-corrected chi connectivity index (χ4v) is 2.23. The minimum Gasteiger partial charge on any atom is -0.497 e. The Kier molecular flexibility index (Phi) is 4.85. The molecule has 1 aromatic carbocycles. The number of rotatable bonds is 6. The van der Waals surface area contributed by atoms with E-state index in [4.69, 9.17) is 10.5 Å². The number of hydrogen-bond donors (Lipinski definition) is 3. The van der Waals surface area contributed by atoms with Crippen molar-refractivity contribution in [1.82, 2.24) is 10.3 Å². The van der Waals surface area contributed by atoms with Crippen molar-refractivity contribution in [3.63, 3.8) is 0 Å². The summed E-state index contributed by atoms with van der Waals surface area (Å²) < 4.78 is 5.25. The molecular weight excluding hydrogens is 266 g/mol. The van der Waals surface area contributed by atoms with Crippen molar-refractivity contribution in [1.29, 1.82) is 0 Å². The zero-order valence-electron chi connectivity index (χ0n) is 12.8. The second-order valence-corrected chi connectivity index (χ2v) is 5.54.